The van der Waals surface area contributed by atoms with Crippen LogP contribution in [-0.2, 0) is 9.47 Å². The first-order valence-electron chi connectivity index (χ1n) is 8.10. The van der Waals surface area contributed by atoms with Gasteiger partial charge in [0.25, 0.3) is 0 Å². The van der Waals surface area contributed by atoms with Crippen molar-refractivity contribution in [1.82, 2.24) is 0 Å². The summed E-state index contributed by atoms with van der Waals surface area (Å²) >= 11 is 0. The molecule has 2 heterocycles. The molecule has 110 valence electrons. The Morgan fingerprint density at radius 2 is 1.89 bits per heavy atom. The van der Waals surface area contributed by atoms with E-state index >= 15 is 0 Å². The number of aliphatic hydroxyl groups excluding tert-OH is 1. The molecule has 3 heteroatoms. The second kappa shape index (κ2) is 5.71. The van der Waals surface area contributed by atoms with E-state index in [1.165, 1.54) is 19.3 Å². The molecule has 0 bridgehead atoms. The molecule has 3 fully saturated rings. The summed E-state index contributed by atoms with van der Waals surface area (Å²) in [6, 6.07) is 0. The van der Waals surface area contributed by atoms with Crippen molar-refractivity contribution in [3.63, 3.8) is 0 Å². The maximum atomic E-state index is 10.8. The van der Waals surface area contributed by atoms with Crippen molar-refractivity contribution in [1.29, 1.82) is 0 Å². The zero-order chi connectivity index (χ0) is 13.3. The van der Waals surface area contributed by atoms with E-state index in [9.17, 15) is 5.11 Å². The molecule has 1 N–H and O–H groups in total. The van der Waals surface area contributed by atoms with Crippen LogP contribution in [0.3, 0.4) is 0 Å². The lowest BCUT2D eigenvalue weighted by molar-refractivity contribution is -0.163. The molecule has 4 unspecified atom stereocenters. The molecule has 1 aliphatic carbocycles. The van der Waals surface area contributed by atoms with Crippen LogP contribution in [0.1, 0.15) is 51.9 Å². The fourth-order valence-corrected chi connectivity index (χ4v) is 4.48. The van der Waals surface area contributed by atoms with E-state index in [1.54, 1.807) is 0 Å². The predicted molar refractivity (Wildman–Crippen MR) is 74.0 cm³/mol. The lowest BCUT2D eigenvalue weighted by Crippen LogP contribution is -2.48. The van der Waals surface area contributed by atoms with Gasteiger partial charge >= 0.3 is 0 Å². The molecule has 0 radical (unpaired) electrons. The van der Waals surface area contributed by atoms with Gasteiger partial charge < -0.3 is 14.6 Å². The molecule has 2 saturated heterocycles. The van der Waals surface area contributed by atoms with Crippen molar-refractivity contribution in [3.8, 4) is 0 Å². The van der Waals surface area contributed by atoms with Crippen LogP contribution in [0.15, 0.2) is 0 Å². The van der Waals surface area contributed by atoms with E-state index < -0.39 is 0 Å². The van der Waals surface area contributed by atoms with E-state index in [2.05, 4.69) is 6.92 Å². The van der Waals surface area contributed by atoms with Crippen molar-refractivity contribution >= 4 is 0 Å². The van der Waals surface area contributed by atoms with E-state index in [0.717, 1.165) is 45.5 Å². The maximum Gasteiger partial charge on any atom is 0.0730 e. The Morgan fingerprint density at radius 1 is 1.11 bits per heavy atom. The molecule has 0 aromatic rings. The second-order valence-electron chi connectivity index (χ2n) is 6.96. The molecular weight excluding hydrogens is 240 g/mol. The highest BCUT2D eigenvalue weighted by molar-refractivity contribution is 4.93. The average molecular weight is 268 g/mol. The van der Waals surface area contributed by atoms with Crippen LogP contribution in [0, 0.1) is 17.8 Å². The molecule has 19 heavy (non-hydrogen) atoms. The zero-order valence-electron chi connectivity index (χ0n) is 12.1. The van der Waals surface area contributed by atoms with Crippen LogP contribution in [0.5, 0.6) is 0 Å². The Labute approximate surface area is 116 Å². The fourth-order valence-electron chi connectivity index (χ4n) is 4.48. The highest BCUT2D eigenvalue weighted by Crippen LogP contribution is 2.43. The van der Waals surface area contributed by atoms with E-state index in [4.69, 9.17) is 9.47 Å². The van der Waals surface area contributed by atoms with Crippen molar-refractivity contribution in [3.05, 3.63) is 0 Å². The lowest BCUT2D eigenvalue weighted by atomic mass is 9.74. The second-order valence-corrected chi connectivity index (χ2v) is 6.96. The monoisotopic (exact) mass is 268 g/mol. The van der Waals surface area contributed by atoms with Gasteiger partial charge in [-0.05, 0) is 49.9 Å². The molecule has 0 aromatic heterocycles. The number of rotatable bonds is 2. The molecule has 3 rings (SSSR count). The molecule has 0 amide bonds. The topological polar surface area (TPSA) is 38.7 Å². The van der Waals surface area contributed by atoms with Gasteiger partial charge in [-0.15, -0.1) is 0 Å². The average Bonchev–Trinajstić information content (AvgIpc) is 2.85. The minimum absolute atomic E-state index is 0.0178. The third-order valence-electron chi connectivity index (χ3n) is 5.78. The number of hydrogen-bond donors (Lipinski definition) is 1. The van der Waals surface area contributed by atoms with Gasteiger partial charge in [0.2, 0.25) is 0 Å². The van der Waals surface area contributed by atoms with Gasteiger partial charge in [-0.1, -0.05) is 19.8 Å². The van der Waals surface area contributed by atoms with Gasteiger partial charge in [0, 0.05) is 19.8 Å². The third-order valence-corrected chi connectivity index (χ3v) is 5.78. The molecule has 3 aliphatic rings. The maximum absolute atomic E-state index is 10.8. The highest BCUT2D eigenvalue weighted by Gasteiger charge is 2.43. The first-order valence-corrected chi connectivity index (χ1v) is 8.10. The number of hydrogen-bond acceptors (Lipinski definition) is 3. The van der Waals surface area contributed by atoms with E-state index in [1.807, 2.05) is 0 Å². The SMILES string of the molecule is CC1CCCC1C(O)C1CCOC2(CCOCC2)C1. The van der Waals surface area contributed by atoms with Crippen LogP contribution < -0.4 is 0 Å². The van der Waals surface area contributed by atoms with E-state index in [0.29, 0.717) is 17.8 Å². The summed E-state index contributed by atoms with van der Waals surface area (Å²) in [6.45, 7) is 4.78. The van der Waals surface area contributed by atoms with E-state index in [-0.39, 0.29) is 11.7 Å². The van der Waals surface area contributed by atoms with Crippen molar-refractivity contribution in [2.45, 2.75) is 63.6 Å². The fraction of sp³-hybridized carbons (Fsp3) is 1.00. The van der Waals surface area contributed by atoms with Gasteiger partial charge in [-0.3, -0.25) is 0 Å². The normalized spacial score (nSPS) is 40.4. The molecule has 1 spiro atoms. The summed E-state index contributed by atoms with van der Waals surface area (Å²) in [4.78, 5) is 0. The van der Waals surface area contributed by atoms with Gasteiger partial charge in [-0.2, -0.15) is 0 Å². The Bertz CT molecular complexity index is 293. The molecule has 0 aromatic carbocycles. The standard InChI is InChI=1S/C16H28O3/c1-12-3-2-4-14(12)15(17)13-5-8-19-16(11-13)6-9-18-10-7-16/h12-15,17H,2-11H2,1H3. The molecule has 3 nitrogen and oxygen atoms in total. The van der Waals surface area contributed by atoms with Gasteiger partial charge in [0.05, 0.1) is 11.7 Å². The summed E-state index contributed by atoms with van der Waals surface area (Å²) in [6.07, 6.45) is 7.80. The number of aliphatic hydroxyl groups is 1. The first kappa shape index (κ1) is 13.8. The van der Waals surface area contributed by atoms with Crippen molar-refractivity contribution in [2.75, 3.05) is 19.8 Å². The number of ether oxygens (including phenoxy) is 2. The van der Waals surface area contributed by atoms with Crippen LogP contribution in [0.4, 0.5) is 0 Å². The minimum atomic E-state index is -0.110. The summed E-state index contributed by atoms with van der Waals surface area (Å²) in [5.41, 5.74) is 0.0178. The highest BCUT2D eigenvalue weighted by atomic mass is 16.5. The van der Waals surface area contributed by atoms with Crippen molar-refractivity contribution < 1.29 is 14.6 Å². The van der Waals surface area contributed by atoms with Gasteiger partial charge in [0.1, 0.15) is 0 Å². The smallest absolute Gasteiger partial charge is 0.0730 e. The van der Waals surface area contributed by atoms with Crippen LogP contribution in [-0.4, -0.2) is 36.6 Å². The molecule has 2 aliphatic heterocycles. The third kappa shape index (κ3) is 2.84. The van der Waals surface area contributed by atoms with Crippen LogP contribution >= 0.6 is 0 Å². The predicted octanol–water partition coefficient (Wildman–Crippen LogP) is 2.76. The lowest BCUT2D eigenvalue weighted by Gasteiger charge is -2.45. The Hall–Kier alpha value is -0.120. The first-order chi connectivity index (χ1) is 9.20. The van der Waals surface area contributed by atoms with Gasteiger partial charge in [0.15, 0.2) is 0 Å². The Kier molecular flexibility index (Phi) is 4.16. The largest absolute Gasteiger partial charge is 0.393 e. The summed E-state index contributed by atoms with van der Waals surface area (Å²) in [5, 5.41) is 10.8. The molecule has 4 atom stereocenters. The summed E-state index contributed by atoms with van der Waals surface area (Å²) in [5.74, 6) is 1.67. The summed E-state index contributed by atoms with van der Waals surface area (Å²) < 4.78 is 11.6. The molecular formula is C16H28O3. The van der Waals surface area contributed by atoms with Gasteiger partial charge in [-0.25, -0.2) is 0 Å². The zero-order valence-corrected chi connectivity index (χ0v) is 12.1. The quantitative estimate of drug-likeness (QED) is 0.837. The Morgan fingerprint density at radius 3 is 2.58 bits per heavy atom. The van der Waals surface area contributed by atoms with Crippen LogP contribution in [0.2, 0.25) is 0 Å². The Balaban J connectivity index is 1.64. The minimum Gasteiger partial charge on any atom is -0.393 e. The van der Waals surface area contributed by atoms with Crippen LogP contribution in [0.25, 0.3) is 0 Å². The molecule has 1 saturated carbocycles. The van der Waals surface area contributed by atoms with Crippen molar-refractivity contribution in [2.24, 2.45) is 17.8 Å². The summed E-state index contributed by atoms with van der Waals surface area (Å²) in [7, 11) is 0.